The number of benzene rings is 4. The van der Waals surface area contributed by atoms with Gasteiger partial charge in [-0.2, -0.15) is 0 Å². The summed E-state index contributed by atoms with van der Waals surface area (Å²) in [5.74, 6) is -24.7. The highest BCUT2D eigenvalue weighted by Gasteiger charge is 2.43. The van der Waals surface area contributed by atoms with Gasteiger partial charge in [-0.15, -0.1) is 11.8 Å². The van der Waals surface area contributed by atoms with Gasteiger partial charge in [-0.1, -0.05) is 179 Å². The van der Waals surface area contributed by atoms with E-state index in [-0.39, 0.29) is 55.3 Å². The van der Waals surface area contributed by atoms with Crippen LogP contribution in [-0.4, -0.2) is 248 Å². The van der Waals surface area contributed by atoms with E-state index in [0.29, 0.717) is 46.6 Å². The van der Waals surface area contributed by atoms with Crippen molar-refractivity contribution in [2.75, 3.05) is 25.1 Å². The van der Waals surface area contributed by atoms with Crippen LogP contribution in [0.2, 0.25) is 0 Å². The van der Waals surface area contributed by atoms with Gasteiger partial charge in [-0.3, -0.25) is 91.1 Å². The normalized spacial score (nSPS) is 24.4. The number of carbonyl (C=O) groups excluding carboxylic acids is 19. The fourth-order valence-electron chi connectivity index (χ4n) is 15.5. The number of fused-ring (bicyclic) bond motifs is 1. The third kappa shape index (κ3) is 33.9. The fourth-order valence-corrected chi connectivity index (χ4v) is 16.4. The Labute approximate surface area is 787 Å². The van der Waals surface area contributed by atoms with Gasteiger partial charge in [0.2, 0.25) is 112 Å². The zero-order chi connectivity index (χ0) is 99.8. The number of hydrogen-bond donors (Lipinski definition) is 21. The molecule has 0 spiro atoms. The number of aromatic nitrogens is 1. The van der Waals surface area contributed by atoms with E-state index < -0.39 is 264 Å². The van der Waals surface area contributed by atoms with Crippen LogP contribution in [0.5, 0.6) is 5.75 Å². The molecule has 19 amide bonds. The van der Waals surface area contributed by atoms with Gasteiger partial charge in [0.15, 0.2) is 0 Å². The molecule has 0 radical (unpaired) electrons. The van der Waals surface area contributed by atoms with Crippen LogP contribution in [0.1, 0.15) is 157 Å². The van der Waals surface area contributed by atoms with Crippen LogP contribution in [0, 0.1) is 29.6 Å². The molecule has 1 saturated carbocycles. The SMILES string of the molecule is CCC(C)[C@@H]1NC(=O)[C@H](Cc2ccc(-c3ccccc3)cc2)NC(=O)[C@H](C(C)C)NC(=O)[C@H](Cc2c[nH]c3ccccc23)NC(=O)[C@H](CC(N)=O)NC(=O)[C@H](Cc2ccc(O)cc2)NC(=O)[C@H](CC(N)=O)NC(=O)CSCC(C(=O)NCC(N)=O)NC(=O)[C@H](C(C)O)NC(=O)[C@H](C(C)C)NC(=O)[C@H](CC2CCCCC2)NC(=O)[C@H](CC(N)=O)NC(=O)[C@@H](CC(C)C)NC(=O)[C@H](C)N(C)C1=O. The molecule has 135 heavy (non-hydrogen) atoms. The maximum absolute atomic E-state index is 15.4. The highest BCUT2D eigenvalue weighted by molar-refractivity contribution is 8.00. The van der Waals surface area contributed by atoms with Gasteiger partial charge >= 0.3 is 0 Å². The molecule has 16 atom stereocenters. The maximum Gasteiger partial charge on any atom is 0.245 e. The van der Waals surface area contributed by atoms with Crippen molar-refractivity contribution >= 4 is 135 Å². The van der Waals surface area contributed by atoms with E-state index in [0.717, 1.165) is 42.2 Å². The second-order valence-corrected chi connectivity index (χ2v) is 36.6. The molecule has 2 heterocycles. The Bertz CT molecular complexity index is 5030. The quantitative estimate of drug-likeness (QED) is 0.0314. The van der Waals surface area contributed by atoms with Crippen molar-refractivity contribution in [1.82, 2.24) is 84.3 Å². The van der Waals surface area contributed by atoms with Crippen LogP contribution in [0.4, 0.5) is 0 Å². The van der Waals surface area contributed by atoms with Crippen LogP contribution < -0.4 is 97.4 Å². The van der Waals surface area contributed by atoms with E-state index in [2.05, 4.69) is 79.4 Å². The Hall–Kier alpha value is -13.5. The molecule has 2 fully saturated rings. The number of thioether (sulfide) groups is 1. The molecular weight excluding hydrogens is 1770 g/mol. The lowest BCUT2D eigenvalue weighted by Crippen LogP contribution is -2.63. The zero-order valence-electron chi connectivity index (χ0n) is 77.8. The van der Waals surface area contributed by atoms with Gasteiger partial charge in [0.05, 0.1) is 37.7 Å². The monoisotopic (exact) mass is 1890 g/mol. The molecule has 3 unspecified atom stereocenters. The standard InChI is InChI=1S/C93H130N20O21S/c1-12-50(8)78-93(134)113(11)51(9)80(121)101-62(35-47(2)3)82(123)105-68(41-72(95)117)85(126)103-64(36-53-21-15-13-16-22-53)87(128)110-77(49(6)7)91(132)112-79(52(10)114)92(133)108-70(81(122)99-44-74(97)119)45-135-46-75(120)100-67(40-71(94)116)84(125)102-63(38-55-29-33-59(115)34-30-55)83(124)106-69(42-73(96)118)86(127)104-66(39-58-43-98-61-26-20-19-25-60(58)61)89(130)109-76(48(4)5)90(131)107-65(88(129)111-78)37-54-27-31-57(32-28-54)56-23-17-14-18-24-56/h14,17-20,23-34,43,47-53,62-70,76-79,98,114-115H,12-13,15-16,21-22,35-42,44-46H2,1-11H3,(H2,94,116)(H2,95,117)(H2,96,118)(H2,97,119)(H,99,122)(H,100,120)(H,101,121)(H,102,125)(H,103,126)(H,104,127)(H,105,123)(H,106,124)(H,107,131)(H,108,133)(H,109,130)(H,110,128)(H,111,129)(H,112,132)/t50?,51-,52?,62+,63-,64-,65-,66-,67-,68-,69-,70?,76-,77-,78-,79-/m0/s1. The minimum Gasteiger partial charge on any atom is -0.508 e. The van der Waals surface area contributed by atoms with Crippen LogP contribution >= 0.6 is 11.8 Å². The van der Waals surface area contributed by atoms with Gasteiger partial charge in [0.25, 0.3) is 0 Å². The lowest BCUT2D eigenvalue weighted by Gasteiger charge is -2.33. The molecule has 5 aromatic rings. The van der Waals surface area contributed by atoms with Crippen molar-refractivity contribution in [3.63, 3.8) is 0 Å². The van der Waals surface area contributed by atoms with Gasteiger partial charge < -0.3 is 117 Å². The Kier molecular flexibility index (Phi) is 42.0. The first-order chi connectivity index (χ1) is 63.8. The van der Waals surface area contributed by atoms with E-state index in [1.807, 2.05) is 30.3 Å². The van der Waals surface area contributed by atoms with Crippen LogP contribution in [0.25, 0.3) is 22.0 Å². The molecular formula is C93H130N20O21S. The molecule has 7 rings (SSSR count). The maximum atomic E-state index is 15.4. The second-order valence-electron chi connectivity index (χ2n) is 35.6. The third-order valence-electron chi connectivity index (χ3n) is 23.5. The zero-order valence-corrected chi connectivity index (χ0v) is 78.6. The molecule has 0 bridgehead atoms. The van der Waals surface area contributed by atoms with Gasteiger partial charge in [0, 0.05) is 49.2 Å². The number of aliphatic hydroxyl groups is 1. The Morgan fingerprint density at radius 1 is 0.459 bits per heavy atom. The van der Waals surface area contributed by atoms with Gasteiger partial charge in [0.1, 0.15) is 90.3 Å². The lowest BCUT2D eigenvalue weighted by molar-refractivity contribution is -0.143. The summed E-state index contributed by atoms with van der Waals surface area (Å²) in [7, 11) is 1.29. The Morgan fingerprint density at radius 3 is 1.39 bits per heavy atom. The Morgan fingerprint density at radius 2 is 0.881 bits per heavy atom. The first kappa shape index (κ1) is 108. The number of nitrogens with zero attached hydrogens (tertiary/aromatic N) is 1. The summed E-state index contributed by atoms with van der Waals surface area (Å²) in [4.78, 5) is 277. The molecule has 25 N–H and O–H groups in total. The van der Waals surface area contributed by atoms with E-state index in [9.17, 15) is 77.3 Å². The number of nitrogens with two attached hydrogens (primary N) is 4. The van der Waals surface area contributed by atoms with Crippen molar-refractivity contribution in [2.24, 2.45) is 52.5 Å². The summed E-state index contributed by atoms with van der Waals surface area (Å²) in [5.41, 5.74) is 25.9. The van der Waals surface area contributed by atoms with Crippen LogP contribution in [0.3, 0.4) is 0 Å². The number of likely N-dealkylation sites (N-methyl/N-ethyl adjacent to an activating group) is 1. The number of aromatic hydroxyl groups is 1. The number of carbonyl (C=O) groups is 19. The highest BCUT2D eigenvalue weighted by Crippen LogP contribution is 2.29. The number of primary amides is 4. The average Bonchev–Trinajstić information content (AvgIpc) is 1.81. The third-order valence-corrected chi connectivity index (χ3v) is 24.5. The number of phenols is 1. The van der Waals surface area contributed by atoms with Crippen molar-refractivity contribution in [2.45, 2.75) is 250 Å². The molecule has 41 nitrogen and oxygen atoms in total. The number of phenolic OH excluding ortho intramolecular Hbond substituents is 1. The molecule has 4 aromatic carbocycles. The molecule has 1 aromatic heterocycles. The first-order valence-corrected chi connectivity index (χ1v) is 46.3. The van der Waals surface area contributed by atoms with Crippen LogP contribution in [-0.2, 0) is 110 Å². The molecule has 1 aliphatic heterocycles. The van der Waals surface area contributed by atoms with Gasteiger partial charge in [-0.25, -0.2) is 0 Å². The minimum atomic E-state index is -1.99. The van der Waals surface area contributed by atoms with Crippen LogP contribution in [0.15, 0.2) is 109 Å². The smallest absolute Gasteiger partial charge is 0.245 e. The van der Waals surface area contributed by atoms with E-state index in [1.54, 1.807) is 96.3 Å². The first-order valence-electron chi connectivity index (χ1n) is 45.2. The number of aliphatic hydroxyl groups excluding tert-OH is 1. The molecule has 1 saturated heterocycles. The minimum absolute atomic E-state index is 0.0376. The molecule has 2 aliphatic rings. The predicted molar refractivity (Wildman–Crippen MR) is 499 cm³/mol. The second kappa shape index (κ2) is 52.2. The topological polar surface area (TPSA) is 656 Å². The predicted octanol–water partition coefficient (Wildman–Crippen LogP) is -1.55. The van der Waals surface area contributed by atoms with Crippen molar-refractivity contribution in [3.8, 4) is 16.9 Å². The number of aromatic amines is 1. The largest absolute Gasteiger partial charge is 0.508 e. The number of rotatable bonds is 25. The summed E-state index contributed by atoms with van der Waals surface area (Å²) in [6, 6.07) is 4.98. The van der Waals surface area contributed by atoms with E-state index >= 15 is 24.0 Å². The van der Waals surface area contributed by atoms with Gasteiger partial charge in [-0.05, 0) is 102 Å². The average molecular weight is 1900 g/mol. The molecule has 1 aliphatic carbocycles. The summed E-state index contributed by atoms with van der Waals surface area (Å²) in [5, 5.41) is 57.8. The summed E-state index contributed by atoms with van der Waals surface area (Å²) in [6.45, 7) is 14.7. The van der Waals surface area contributed by atoms with Crippen molar-refractivity contribution in [1.29, 1.82) is 0 Å². The number of nitrogens with one attached hydrogen (secondary N) is 15. The van der Waals surface area contributed by atoms with E-state index in [4.69, 9.17) is 22.9 Å². The molecule has 734 valence electrons. The summed E-state index contributed by atoms with van der Waals surface area (Å²) in [6.07, 6.45) is -0.361. The fraction of sp³-hybridized carbons (Fsp3) is 0.516. The van der Waals surface area contributed by atoms with Crippen molar-refractivity contribution < 1.29 is 101 Å². The number of para-hydroxylation sites is 1. The van der Waals surface area contributed by atoms with E-state index in [1.165, 1.54) is 52.1 Å². The Balaban J connectivity index is 1.32. The van der Waals surface area contributed by atoms with Crippen molar-refractivity contribution in [3.05, 3.63) is 126 Å². The highest BCUT2D eigenvalue weighted by atomic mass is 32.2. The summed E-state index contributed by atoms with van der Waals surface area (Å²) >= 11 is 0.617. The number of H-pyrrole nitrogens is 1. The lowest BCUT2D eigenvalue weighted by atomic mass is 9.84. The summed E-state index contributed by atoms with van der Waals surface area (Å²) < 4.78 is 0. The number of amides is 19. The number of hydrogen-bond acceptors (Lipinski definition) is 22. The molecule has 42 heteroatoms.